The Morgan fingerprint density at radius 3 is 2.47 bits per heavy atom. The molecule has 0 aliphatic carbocycles. The number of hydrogen-bond acceptors (Lipinski definition) is 2. The van der Waals surface area contributed by atoms with Gasteiger partial charge in [-0.25, -0.2) is 4.98 Å². The molecule has 0 spiro atoms. The van der Waals surface area contributed by atoms with Crippen LogP contribution in [0.1, 0.15) is 5.69 Å². The van der Waals surface area contributed by atoms with Gasteiger partial charge in [0.25, 0.3) is 0 Å². The molecule has 15 heavy (non-hydrogen) atoms. The van der Waals surface area contributed by atoms with E-state index in [0.717, 1.165) is 11.3 Å². The van der Waals surface area contributed by atoms with Gasteiger partial charge in [-0.05, 0) is 17.7 Å². The number of benzene rings is 1. The van der Waals surface area contributed by atoms with Crippen molar-refractivity contribution in [1.29, 1.82) is 0 Å². The second kappa shape index (κ2) is 4.45. The zero-order chi connectivity index (χ0) is 10.7. The lowest BCUT2D eigenvalue weighted by Gasteiger charge is -2.07. The van der Waals surface area contributed by atoms with Gasteiger partial charge in [0.05, 0.1) is 5.69 Å². The van der Waals surface area contributed by atoms with Crippen molar-refractivity contribution in [2.75, 3.05) is 5.73 Å². The summed E-state index contributed by atoms with van der Waals surface area (Å²) in [5, 5.41) is 0.711. The monoisotopic (exact) mass is 262 g/mol. The number of nitrogens with two attached hydrogens (primary N) is 1. The van der Waals surface area contributed by atoms with E-state index in [4.69, 9.17) is 5.73 Å². The van der Waals surface area contributed by atoms with Crippen LogP contribution in [-0.2, 0) is 5.33 Å². The largest absolute Gasteiger partial charge is 0.384 e. The summed E-state index contributed by atoms with van der Waals surface area (Å²) in [6.45, 7) is 0. The second-order valence-corrected chi connectivity index (χ2v) is 3.79. The number of halogens is 1. The fraction of sp³-hybridized carbons (Fsp3) is 0.0833. The highest BCUT2D eigenvalue weighted by Crippen LogP contribution is 2.24. The van der Waals surface area contributed by atoms with E-state index in [-0.39, 0.29) is 0 Å². The maximum Gasteiger partial charge on any atom is 0.123 e. The Hall–Kier alpha value is -1.35. The number of nitrogen functional groups attached to an aromatic ring is 1. The van der Waals surface area contributed by atoms with Crippen LogP contribution in [-0.4, -0.2) is 4.98 Å². The summed E-state index contributed by atoms with van der Waals surface area (Å²) in [6, 6.07) is 14.0. The van der Waals surface area contributed by atoms with Crippen molar-refractivity contribution in [2.45, 2.75) is 5.33 Å². The van der Waals surface area contributed by atoms with Crippen LogP contribution in [0.2, 0.25) is 0 Å². The highest BCUT2D eigenvalue weighted by molar-refractivity contribution is 9.08. The molecule has 0 saturated carbocycles. The van der Waals surface area contributed by atoms with Crippen LogP contribution in [0.15, 0.2) is 42.5 Å². The van der Waals surface area contributed by atoms with Gasteiger partial charge >= 0.3 is 0 Å². The van der Waals surface area contributed by atoms with Gasteiger partial charge in [-0.15, -0.1) is 0 Å². The minimum atomic E-state index is 0.559. The lowest BCUT2D eigenvalue weighted by Crippen LogP contribution is -1.96. The molecule has 0 atom stereocenters. The minimum absolute atomic E-state index is 0.559. The van der Waals surface area contributed by atoms with Crippen LogP contribution < -0.4 is 5.73 Å². The van der Waals surface area contributed by atoms with Gasteiger partial charge in [-0.1, -0.05) is 46.3 Å². The highest BCUT2D eigenvalue weighted by atomic mass is 79.9. The van der Waals surface area contributed by atoms with Crippen LogP contribution >= 0.6 is 15.9 Å². The summed E-state index contributed by atoms with van der Waals surface area (Å²) in [4.78, 5) is 4.30. The highest BCUT2D eigenvalue weighted by Gasteiger charge is 2.05. The molecular formula is C12H11BrN2. The van der Waals surface area contributed by atoms with E-state index in [0.29, 0.717) is 11.1 Å². The summed E-state index contributed by atoms with van der Waals surface area (Å²) < 4.78 is 0. The molecule has 0 saturated heterocycles. The van der Waals surface area contributed by atoms with Crippen LogP contribution in [0.25, 0.3) is 11.1 Å². The third-order valence-corrected chi connectivity index (χ3v) is 2.74. The summed E-state index contributed by atoms with van der Waals surface area (Å²) in [7, 11) is 0. The van der Waals surface area contributed by atoms with Crippen LogP contribution in [0.3, 0.4) is 0 Å². The van der Waals surface area contributed by atoms with E-state index in [1.54, 1.807) is 0 Å². The first-order chi connectivity index (χ1) is 7.31. The average Bonchev–Trinajstić information content (AvgIpc) is 2.30. The lowest BCUT2D eigenvalue weighted by atomic mass is 10.0. The van der Waals surface area contributed by atoms with Crippen molar-refractivity contribution in [1.82, 2.24) is 4.98 Å². The number of anilines is 1. The number of rotatable bonds is 2. The first kappa shape index (κ1) is 10.2. The molecule has 2 N–H and O–H groups in total. The zero-order valence-corrected chi connectivity index (χ0v) is 9.74. The smallest absolute Gasteiger partial charge is 0.123 e. The van der Waals surface area contributed by atoms with Crippen LogP contribution in [0.5, 0.6) is 0 Å². The fourth-order valence-corrected chi connectivity index (χ4v) is 1.93. The predicted octanol–water partition coefficient (Wildman–Crippen LogP) is 3.23. The number of aromatic nitrogens is 1. The Morgan fingerprint density at radius 2 is 1.80 bits per heavy atom. The van der Waals surface area contributed by atoms with E-state index < -0.39 is 0 Å². The Bertz CT molecular complexity index is 454. The molecule has 0 radical (unpaired) electrons. The Balaban J connectivity index is 2.53. The third kappa shape index (κ3) is 2.18. The van der Waals surface area contributed by atoms with Crippen molar-refractivity contribution in [3.63, 3.8) is 0 Å². The van der Waals surface area contributed by atoms with E-state index in [9.17, 15) is 0 Å². The topological polar surface area (TPSA) is 38.9 Å². The molecule has 1 heterocycles. The average molecular weight is 263 g/mol. The van der Waals surface area contributed by atoms with Gasteiger partial charge in [0.2, 0.25) is 0 Å². The second-order valence-electron chi connectivity index (χ2n) is 3.23. The molecule has 0 fully saturated rings. The van der Waals surface area contributed by atoms with Crippen molar-refractivity contribution in [3.05, 3.63) is 48.2 Å². The normalized spacial score (nSPS) is 10.2. The summed E-state index contributed by atoms with van der Waals surface area (Å²) in [6.07, 6.45) is 0. The number of nitrogens with zero attached hydrogens (tertiary/aromatic N) is 1. The van der Waals surface area contributed by atoms with Crippen molar-refractivity contribution >= 4 is 21.7 Å². The van der Waals surface area contributed by atoms with Gasteiger partial charge < -0.3 is 5.73 Å². The summed E-state index contributed by atoms with van der Waals surface area (Å²) >= 11 is 3.42. The first-order valence-electron chi connectivity index (χ1n) is 4.68. The summed E-state index contributed by atoms with van der Waals surface area (Å²) in [5.74, 6) is 0.559. The molecule has 3 heteroatoms. The summed E-state index contributed by atoms with van der Waals surface area (Å²) in [5.41, 5.74) is 8.92. The molecule has 1 aromatic heterocycles. The molecule has 0 unspecified atom stereocenters. The zero-order valence-electron chi connectivity index (χ0n) is 8.15. The van der Waals surface area contributed by atoms with E-state index in [2.05, 4.69) is 33.0 Å². The molecule has 0 bridgehead atoms. The lowest BCUT2D eigenvalue weighted by molar-refractivity contribution is 1.20. The minimum Gasteiger partial charge on any atom is -0.384 e. The van der Waals surface area contributed by atoms with Crippen molar-refractivity contribution in [2.24, 2.45) is 0 Å². The molecule has 2 nitrogen and oxygen atoms in total. The number of pyridine rings is 1. The van der Waals surface area contributed by atoms with E-state index in [1.807, 2.05) is 30.3 Å². The Labute approximate surface area is 97.3 Å². The standard InChI is InChI=1S/C12H11BrN2/c13-8-11-10(6-7-12(14)15-11)9-4-2-1-3-5-9/h1-7H,8H2,(H2,14,15). The molecule has 76 valence electrons. The van der Waals surface area contributed by atoms with Gasteiger partial charge in [0.15, 0.2) is 0 Å². The molecule has 0 aliphatic heterocycles. The SMILES string of the molecule is Nc1ccc(-c2ccccc2)c(CBr)n1. The fourth-order valence-electron chi connectivity index (χ4n) is 1.50. The van der Waals surface area contributed by atoms with Crippen LogP contribution in [0.4, 0.5) is 5.82 Å². The predicted molar refractivity (Wildman–Crippen MR) is 66.7 cm³/mol. The van der Waals surface area contributed by atoms with Gasteiger partial charge in [0.1, 0.15) is 5.82 Å². The first-order valence-corrected chi connectivity index (χ1v) is 5.80. The van der Waals surface area contributed by atoms with Gasteiger partial charge in [-0.2, -0.15) is 0 Å². The molecule has 2 aromatic rings. The molecule has 0 amide bonds. The van der Waals surface area contributed by atoms with Gasteiger partial charge in [-0.3, -0.25) is 0 Å². The van der Waals surface area contributed by atoms with E-state index in [1.165, 1.54) is 5.56 Å². The maximum atomic E-state index is 5.65. The molecule has 1 aromatic carbocycles. The molecular weight excluding hydrogens is 252 g/mol. The Kier molecular flexibility index (Phi) is 3.02. The third-order valence-electron chi connectivity index (χ3n) is 2.21. The number of alkyl halides is 1. The van der Waals surface area contributed by atoms with E-state index >= 15 is 0 Å². The molecule has 2 rings (SSSR count). The maximum absolute atomic E-state index is 5.65. The van der Waals surface area contributed by atoms with Crippen LogP contribution in [0, 0.1) is 0 Å². The van der Waals surface area contributed by atoms with Crippen molar-refractivity contribution in [3.8, 4) is 11.1 Å². The quantitative estimate of drug-likeness (QED) is 0.845. The van der Waals surface area contributed by atoms with Crippen molar-refractivity contribution < 1.29 is 0 Å². The van der Waals surface area contributed by atoms with Gasteiger partial charge in [0, 0.05) is 10.9 Å². The Morgan fingerprint density at radius 1 is 1.07 bits per heavy atom. The number of hydrogen-bond donors (Lipinski definition) is 1. The molecule has 0 aliphatic rings.